The lowest BCUT2D eigenvalue weighted by molar-refractivity contribution is -0.143. The fourth-order valence-electron chi connectivity index (χ4n) is 7.45. The summed E-state index contributed by atoms with van der Waals surface area (Å²) in [5, 5.41) is 23.0. The van der Waals surface area contributed by atoms with Crippen LogP contribution in [0, 0.1) is 0 Å². The summed E-state index contributed by atoms with van der Waals surface area (Å²) in [5.41, 5.74) is 0. The van der Waals surface area contributed by atoms with Gasteiger partial charge in [-0.15, -0.1) is 0 Å². The number of unbranched alkanes of at least 4 members (excludes halogenated alkanes) is 31. The normalized spacial score (nSPS) is 12.9. The second-order valence-electron chi connectivity index (χ2n) is 16.8. The molecule has 6 heteroatoms. The molecule has 0 saturated carbocycles. The first kappa shape index (κ1) is 54.3. The molecule has 0 aromatic carbocycles. The van der Waals surface area contributed by atoms with Gasteiger partial charge < -0.3 is 20.3 Å². The van der Waals surface area contributed by atoms with E-state index in [0.29, 0.717) is 25.9 Å². The SMILES string of the molecule is CCCCCCCCCCCCCC(=O)OCCCCC/C=C\C=C/CCCCCCCCCCCCC(=O)NC(CO)C(O)CCCCCCCCCCC. The molecule has 3 N–H and O–H groups in total. The lowest BCUT2D eigenvalue weighted by Gasteiger charge is -2.22. The molecular weight excluding hydrogens is 695 g/mol. The Morgan fingerprint density at radius 2 is 0.875 bits per heavy atom. The quantitative estimate of drug-likeness (QED) is 0.0324. The number of carbonyl (C=O) groups is 2. The Kier molecular flexibility index (Phi) is 44.7. The number of carbonyl (C=O) groups excluding carboxylic acids is 2. The van der Waals surface area contributed by atoms with E-state index < -0.39 is 12.1 Å². The first-order valence-corrected chi connectivity index (χ1v) is 24.6. The van der Waals surface area contributed by atoms with E-state index in [-0.39, 0.29) is 18.5 Å². The molecule has 0 aliphatic heterocycles. The molecule has 6 nitrogen and oxygen atoms in total. The van der Waals surface area contributed by atoms with Crippen molar-refractivity contribution < 1.29 is 24.5 Å². The number of aliphatic hydroxyl groups excluding tert-OH is 2. The highest BCUT2D eigenvalue weighted by atomic mass is 16.5. The van der Waals surface area contributed by atoms with Gasteiger partial charge in [-0.05, 0) is 57.8 Å². The summed E-state index contributed by atoms with van der Waals surface area (Å²) >= 11 is 0. The number of nitrogens with one attached hydrogen (secondary N) is 1. The van der Waals surface area contributed by atoms with Crippen LogP contribution in [-0.4, -0.2) is 47.4 Å². The Hall–Kier alpha value is -1.66. The van der Waals surface area contributed by atoms with Gasteiger partial charge >= 0.3 is 5.97 Å². The first-order chi connectivity index (χ1) is 27.5. The van der Waals surface area contributed by atoms with E-state index in [1.807, 2.05) is 0 Å². The van der Waals surface area contributed by atoms with E-state index in [4.69, 9.17) is 4.74 Å². The first-order valence-electron chi connectivity index (χ1n) is 24.6. The van der Waals surface area contributed by atoms with Crippen molar-refractivity contribution in [1.82, 2.24) is 5.32 Å². The van der Waals surface area contributed by atoms with Crippen molar-refractivity contribution in [3.63, 3.8) is 0 Å². The van der Waals surface area contributed by atoms with Gasteiger partial charge in [0.25, 0.3) is 0 Å². The van der Waals surface area contributed by atoms with Crippen LogP contribution < -0.4 is 5.32 Å². The summed E-state index contributed by atoms with van der Waals surface area (Å²) in [7, 11) is 0. The highest BCUT2D eigenvalue weighted by molar-refractivity contribution is 5.76. The second kappa shape index (κ2) is 46.0. The summed E-state index contributed by atoms with van der Waals surface area (Å²) in [5.74, 6) is -0.0621. The summed E-state index contributed by atoms with van der Waals surface area (Å²) in [6.07, 6.45) is 53.0. The topological polar surface area (TPSA) is 95.9 Å². The van der Waals surface area contributed by atoms with Crippen LogP contribution in [-0.2, 0) is 14.3 Å². The van der Waals surface area contributed by atoms with Gasteiger partial charge in [-0.25, -0.2) is 0 Å². The van der Waals surface area contributed by atoms with Gasteiger partial charge in [0.05, 0.1) is 25.4 Å². The van der Waals surface area contributed by atoms with Crippen molar-refractivity contribution >= 4 is 11.9 Å². The van der Waals surface area contributed by atoms with Gasteiger partial charge in [-0.2, -0.15) is 0 Å². The predicted molar refractivity (Wildman–Crippen MR) is 241 cm³/mol. The van der Waals surface area contributed by atoms with E-state index in [1.165, 1.54) is 154 Å². The molecule has 0 bridgehead atoms. The second-order valence-corrected chi connectivity index (χ2v) is 16.8. The highest BCUT2D eigenvalue weighted by Gasteiger charge is 2.20. The summed E-state index contributed by atoms with van der Waals surface area (Å²) in [4.78, 5) is 24.3. The lowest BCUT2D eigenvalue weighted by atomic mass is 10.0. The largest absolute Gasteiger partial charge is 0.466 e. The van der Waals surface area contributed by atoms with Crippen LogP contribution >= 0.6 is 0 Å². The fraction of sp³-hybridized carbons (Fsp3) is 0.880. The summed E-state index contributed by atoms with van der Waals surface area (Å²) in [6.45, 7) is 4.88. The van der Waals surface area contributed by atoms with Gasteiger partial charge in [-0.3, -0.25) is 9.59 Å². The van der Waals surface area contributed by atoms with Crippen molar-refractivity contribution in [3.05, 3.63) is 24.3 Å². The third-order valence-corrected chi connectivity index (χ3v) is 11.3. The average molecular weight is 790 g/mol. The number of amides is 1. The van der Waals surface area contributed by atoms with Crippen LogP contribution in [0.25, 0.3) is 0 Å². The van der Waals surface area contributed by atoms with Crippen molar-refractivity contribution in [2.45, 2.75) is 270 Å². The van der Waals surface area contributed by atoms with Crippen LogP contribution in [0.4, 0.5) is 0 Å². The third kappa shape index (κ3) is 42.0. The highest BCUT2D eigenvalue weighted by Crippen LogP contribution is 2.15. The zero-order chi connectivity index (χ0) is 40.8. The zero-order valence-electron chi connectivity index (χ0n) is 37.4. The molecular formula is C50H95NO5. The maximum atomic E-state index is 12.4. The lowest BCUT2D eigenvalue weighted by Crippen LogP contribution is -2.45. The van der Waals surface area contributed by atoms with Crippen molar-refractivity contribution in [2.24, 2.45) is 0 Å². The summed E-state index contributed by atoms with van der Waals surface area (Å²) < 4.78 is 5.42. The molecule has 0 aromatic rings. The number of hydrogen-bond donors (Lipinski definition) is 3. The molecule has 0 heterocycles. The maximum Gasteiger partial charge on any atom is 0.305 e. The van der Waals surface area contributed by atoms with Crippen LogP contribution in [0.15, 0.2) is 24.3 Å². The standard InChI is InChI=1S/C50H95NO5/c1-3-5-7-9-11-13-23-28-32-36-40-44-50(55)56-45-41-37-33-29-25-22-20-18-16-14-15-17-19-21-24-27-31-35-39-43-49(54)51-47(46-52)48(53)42-38-34-30-26-12-10-8-6-4-2/h18,20,22,25,47-48,52-53H,3-17,19,21,23-24,26-46H2,1-2H3,(H,51,54)/b20-18-,25-22-. The Labute approximate surface area is 348 Å². The minimum atomic E-state index is -0.668. The smallest absolute Gasteiger partial charge is 0.305 e. The minimum absolute atomic E-state index is 0.0143. The van der Waals surface area contributed by atoms with Crippen LogP contribution in [0.3, 0.4) is 0 Å². The van der Waals surface area contributed by atoms with Gasteiger partial charge in [0.2, 0.25) is 5.91 Å². The molecule has 0 spiro atoms. The van der Waals surface area contributed by atoms with Crippen molar-refractivity contribution in [1.29, 1.82) is 0 Å². The Bertz CT molecular complexity index is 874. The van der Waals surface area contributed by atoms with Crippen LogP contribution in [0.1, 0.15) is 258 Å². The van der Waals surface area contributed by atoms with E-state index in [9.17, 15) is 19.8 Å². The molecule has 330 valence electrons. The molecule has 0 aromatic heterocycles. The Morgan fingerprint density at radius 1 is 0.500 bits per heavy atom. The van der Waals surface area contributed by atoms with Gasteiger partial charge in [0, 0.05) is 12.8 Å². The molecule has 0 saturated heterocycles. The molecule has 0 rings (SSSR count). The average Bonchev–Trinajstić information content (AvgIpc) is 3.20. The Balaban J connectivity index is 3.47. The Morgan fingerprint density at radius 3 is 1.32 bits per heavy atom. The molecule has 0 fully saturated rings. The molecule has 0 aliphatic carbocycles. The number of esters is 1. The monoisotopic (exact) mass is 790 g/mol. The third-order valence-electron chi connectivity index (χ3n) is 11.3. The molecule has 1 amide bonds. The predicted octanol–water partition coefficient (Wildman–Crippen LogP) is 14.3. The molecule has 2 atom stereocenters. The van der Waals surface area contributed by atoms with Crippen molar-refractivity contribution in [2.75, 3.05) is 13.2 Å². The molecule has 0 aliphatic rings. The number of ether oxygens (including phenoxy) is 1. The van der Waals surface area contributed by atoms with Gasteiger partial charge in [0.15, 0.2) is 0 Å². The number of allylic oxidation sites excluding steroid dienone is 4. The molecule has 56 heavy (non-hydrogen) atoms. The molecule has 0 radical (unpaired) electrons. The van der Waals surface area contributed by atoms with E-state index in [2.05, 4.69) is 43.5 Å². The van der Waals surface area contributed by atoms with Crippen LogP contribution in [0.2, 0.25) is 0 Å². The van der Waals surface area contributed by atoms with Gasteiger partial charge in [-0.1, -0.05) is 212 Å². The zero-order valence-corrected chi connectivity index (χ0v) is 37.4. The minimum Gasteiger partial charge on any atom is -0.466 e. The number of hydrogen-bond acceptors (Lipinski definition) is 5. The van der Waals surface area contributed by atoms with E-state index in [1.54, 1.807) is 0 Å². The van der Waals surface area contributed by atoms with Crippen molar-refractivity contribution in [3.8, 4) is 0 Å². The maximum absolute atomic E-state index is 12.4. The van der Waals surface area contributed by atoms with Crippen LogP contribution in [0.5, 0.6) is 0 Å². The fourth-order valence-corrected chi connectivity index (χ4v) is 7.45. The van der Waals surface area contributed by atoms with E-state index in [0.717, 1.165) is 70.6 Å². The number of rotatable bonds is 45. The number of aliphatic hydroxyl groups is 2. The molecule has 2 unspecified atom stereocenters. The van der Waals surface area contributed by atoms with E-state index >= 15 is 0 Å². The summed E-state index contributed by atoms with van der Waals surface area (Å²) in [6, 6.07) is -0.546. The van der Waals surface area contributed by atoms with Gasteiger partial charge in [0.1, 0.15) is 0 Å².